The van der Waals surface area contributed by atoms with Crippen molar-refractivity contribution in [1.29, 1.82) is 0 Å². The Bertz CT molecular complexity index is 1140. The lowest BCUT2D eigenvalue weighted by Gasteiger charge is -2.28. The molecule has 0 unspecified atom stereocenters. The molecule has 0 aliphatic carbocycles. The Morgan fingerprint density at radius 3 is 2.12 bits per heavy atom. The third-order valence-electron chi connectivity index (χ3n) is 5.85. The smallest absolute Gasteiger partial charge is 0.387 e. The zero-order chi connectivity index (χ0) is 22.9. The Morgan fingerprint density at radius 2 is 1.48 bits per heavy atom. The van der Waals surface area contributed by atoms with Gasteiger partial charge in [0.05, 0.1) is 18.3 Å². The number of imide groups is 1. The van der Waals surface area contributed by atoms with Crippen molar-refractivity contribution in [3.05, 3.63) is 96.1 Å². The van der Waals surface area contributed by atoms with Gasteiger partial charge in [-0.3, -0.25) is 19.3 Å². The van der Waals surface area contributed by atoms with Gasteiger partial charge in [0.2, 0.25) is 5.91 Å². The van der Waals surface area contributed by atoms with Crippen LogP contribution in [0, 0.1) is 5.92 Å². The summed E-state index contributed by atoms with van der Waals surface area (Å²) < 4.78 is 29.6. The monoisotopic (exact) mass is 450 g/mol. The quantitative estimate of drug-likeness (QED) is 0.523. The van der Waals surface area contributed by atoms with E-state index in [9.17, 15) is 18.4 Å². The van der Waals surface area contributed by atoms with Crippen LogP contribution in [-0.4, -0.2) is 29.4 Å². The van der Waals surface area contributed by atoms with E-state index in [1.165, 1.54) is 17.0 Å². The number of halogens is 2. The summed E-state index contributed by atoms with van der Waals surface area (Å²) >= 11 is 0. The van der Waals surface area contributed by atoms with Crippen molar-refractivity contribution in [2.45, 2.75) is 25.3 Å². The minimum Gasteiger partial charge on any atom is -0.435 e. The molecular weight excluding hydrogens is 430 g/mol. The summed E-state index contributed by atoms with van der Waals surface area (Å²) in [6.07, 6.45) is -0.969. The van der Waals surface area contributed by atoms with Crippen LogP contribution in [0.5, 0.6) is 5.75 Å². The van der Waals surface area contributed by atoms with Gasteiger partial charge in [-0.25, -0.2) is 5.06 Å². The van der Waals surface area contributed by atoms with Crippen molar-refractivity contribution >= 4 is 17.5 Å². The molecule has 33 heavy (non-hydrogen) atoms. The van der Waals surface area contributed by atoms with Crippen molar-refractivity contribution in [2.75, 3.05) is 5.06 Å². The molecule has 2 amide bonds. The molecule has 6 nitrogen and oxygen atoms in total. The average molecular weight is 450 g/mol. The molecule has 168 valence electrons. The molecule has 2 aliphatic heterocycles. The van der Waals surface area contributed by atoms with Crippen LogP contribution >= 0.6 is 0 Å². The number of anilines is 1. The molecule has 0 spiro atoms. The van der Waals surface area contributed by atoms with Gasteiger partial charge in [-0.05, 0) is 35.4 Å². The number of likely N-dealkylation sites (tertiary alicyclic amines) is 1. The standard InChI is InChI=1S/C25H20F2N2O4/c26-25(27)32-19-13-11-17(12-14-19)21-20-22(33-29(21)18-9-5-2-6-10-18)24(31)28(23(20)30)15-16-7-3-1-4-8-16/h1-14,20-22,25H,15H2/t20-,21-,22-/m1/s1. The van der Waals surface area contributed by atoms with Crippen LogP contribution in [0.4, 0.5) is 14.5 Å². The van der Waals surface area contributed by atoms with Crippen molar-refractivity contribution in [2.24, 2.45) is 5.92 Å². The number of para-hydroxylation sites is 1. The molecule has 0 bridgehead atoms. The maximum Gasteiger partial charge on any atom is 0.387 e. The van der Waals surface area contributed by atoms with Crippen molar-refractivity contribution in [3.8, 4) is 5.75 Å². The van der Waals surface area contributed by atoms with Gasteiger partial charge in [0.1, 0.15) is 11.7 Å². The van der Waals surface area contributed by atoms with E-state index in [0.717, 1.165) is 5.56 Å². The number of hydrogen-bond acceptors (Lipinski definition) is 5. The van der Waals surface area contributed by atoms with E-state index in [1.807, 2.05) is 60.7 Å². The van der Waals surface area contributed by atoms with Gasteiger partial charge in [0, 0.05) is 0 Å². The maximum atomic E-state index is 13.4. The molecule has 2 fully saturated rings. The summed E-state index contributed by atoms with van der Waals surface area (Å²) in [7, 11) is 0. The summed E-state index contributed by atoms with van der Waals surface area (Å²) in [6.45, 7) is -2.77. The second-order valence-corrected chi connectivity index (χ2v) is 7.85. The van der Waals surface area contributed by atoms with Crippen LogP contribution in [-0.2, 0) is 21.0 Å². The number of nitrogens with zero attached hydrogens (tertiary/aromatic N) is 2. The van der Waals surface area contributed by atoms with Gasteiger partial charge in [0.15, 0.2) is 6.10 Å². The van der Waals surface area contributed by atoms with Gasteiger partial charge in [-0.2, -0.15) is 8.78 Å². The van der Waals surface area contributed by atoms with E-state index in [2.05, 4.69) is 4.74 Å². The maximum absolute atomic E-state index is 13.4. The SMILES string of the molecule is O=C1[C@@H]2[C@@H](c3ccc(OC(F)F)cc3)N(c3ccccc3)O[C@H]2C(=O)N1Cc1ccccc1. The predicted molar refractivity (Wildman–Crippen MR) is 115 cm³/mol. The van der Waals surface area contributed by atoms with Crippen LogP contribution in [0.1, 0.15) is 17.2 Å². The number of ether oxygens (including phenoxy) is 1. The zero-order valence-electron chi connectivity index (χ0n) is 17.4. The number of rotatable bonds is 6. The van der Waals surface area contributed by atoms with Gasteiger partial charge in [0.25, 0.3) is 5.91 Å². The highest BCUT2D eigenvalue weighted by atomic mass is 19.3. The van der Waals surface area contributed by atoms with Gasteiger partial charge < -0.3 is 4.74 Å². The van der Waals surface area contributed by atoms with E-state index in [0.29, 0.717) is 11.3 Å². The Balaban J connectivity index is 1.49. The summed E-state index contributed by atoms with van der Waals surface area (Å²) in [4.78, 5) is 33.9. The average Bonchev–Trinajstić information content (AvgIpc) is 3.33. The summed E-state index contributed by atoms with van der Waals surface area (Å²) in [5.41, 5.74) is 2.17. The van der Waals surface area contributed by atoms with Crippen LogP contribution in [0.15, 0.2) is 84.9 Å². The van der Waals surface area contributed by atoms with Crippen LogP contribution in [0.25, 0.3) is 0 Å². The first-order valence-electron chi connectivity index (χ1n) is 10.5. The zero-order valence-corrected chi connectivity index (χ0v) is 17.4. The molecule has 0 saturated carbocycles. The second kappa shape index (κ2) is 8.63. The highest BCUT2D eigenvalue weighted by molar-refractivity contribution is 6.07. The minimum absolute atomic E-state index is 0.00926. The number of carbonyl (C=O) groups excluding carboxylic acids is 2. The highest BCUT2D eigenvalue weighted by Gasteiger charge is 2.59. The normalized spacial score (nSPS) is 22.2. The second-order valence-electron chi connectivity index (χ2n) is 7.85. The van der Waals surface area contributed by atoms with Crippen molar-refractivity contribution < 1.29 is 27.9 Å². The number of fused-ring (bicyclic) bond motifs is 1. The topological polar surface area (TPSA) is 59.1 Å². The number of alkyl halides is 2. The number of amides is 2. The van der Waals surface area contributed by atoms with E-state index in [4.69, 9.17) is 4.84 Å². The fourth-order valence-electron chi connectivity index (χ4n) is 4.38. The number of carbonyl (C=O) groups is 2. The highest BCUT2D eigenvalue weighted by Crippen LogP contribution is 2.47. The number of benzene rings is 3. The third kappa shape index (κ3) is 3.93. The Morgan fingerprint density at radius 1 is 0.848 bits per heavy atom. The van der Waals surface area contributed by atoms with E-state index in [-0.39, 0.29) is 18.2 Å². The summed E-state index contributed by atoms with van der Waals surface area (Å²) in [5, 5.41) is 1.56. The first-order chi connectivity index (χ1) is 16.0. The van der Waals surface area contributed by atoms with E-state index >= 15 is 0 Å². The molecule has 2 heterocycles. The summed E-state index contributed by atoms with van der Waals surface area (Å²) in [5.74, 6) is -1.49. The van der Waals surface area contributed by atoms with E-state index < -0.39 is 30.6 Å². The Kier molecular flexibility index (Phi) is 5.51. The Hall–Kier alpha value is -3.78. The molecular formula is C25H20F2N2O4. The van der Waals surface area contributed by atoms with Crippen molar-refractivity contribution in [3.63, 3.8) is 0 Å². The molecule has 8 heteroatoms. The fraction of sp³-hybridized carbons (Fsp3) is 0.200. The molecule has 0 N–H and O–H groups in total. The Labute approximate surface area is 188 Å². The lowest BCUT2D eigenvalue weighted by molar-refractivity contribution is -0.143. The van der Waals surface area contributed by atoms with Crippen LogP contribution in [0.2, 0.25) is 0 Å². The van der Waals surface area contributed by atoms with Crippen LogP contribution in [0.3, 0.4) is 0 Å². The molecule has 0 aromatic heterocycles. The third-order valence-corrected chi connectivity index (χ3v) is 5.85. The first-order valence-corrected chi connectivity index (χ1v) is 10.5. The molecule has 2 aliphatic rings. The lowest BCUT2D eigenvalue weighted by atomic mass is 9.90. The molecule has 0 radical (unpaired) electrons. The number of hydrogen-bond donors (Lipinski definition) is 0. The van der Waals surface area contributed by atoms with Crippen LogP contribution < -0.4 is 9.80 Å². The molecule has 2 saturated heterocycles. The van der Waals surface area contributed by atoms with Crippen molar-refractivity contribution in [1.82, 2.24) is 4.90 Å². The molecule has 5 rings (SSSR count). The lowest BCUT2D eigenvalue weighted by Crippen LogP contribution is -2.36. The van der Waals surface area contributed by atoms with Gasteiger partial charge in [-0.1, -0.05) is 60.7 Å². The molecule has 3 atom stereocenters. The number of hydroxylamine groups is 1. The summed E-state index contributed by atoms with van der Waals surface area (Å²) in [6, 6.07) is 23.9. The van der Waals surface area contributed by atoms with Gasteiger partial charge >= 0.3 is 6.61 Å². The first kappa shape index (κ1) is 21.1. The predicted octanol–water partition coefficient (Wildman–Crippen LogP) is 4.33. The largest absolute Gasteiger partial charge is 0.435 e. The molecule has 3 aromatic rings. The minimum atomic E-state index is -2.93. The fourth-order valence-corrected chi connectivity index (χ4v) is 4.38. The van der Waals surface area contributed by atoms with E-state index in [1.54, 1.807) is 17.2 Å². The van der Waals surface area contributed by atoms with Gasteiger partial charge in [-0.15, -0.1) is 0 Å². The molecule has 3 aromatic carbocycles.